The number of piperidine rings is 1. The summed E-state index contributed by atoms with van der Waals surface area (Å²) >= 11 is 6.13. The van der Waals surface area contributed by atoms with Gasteiger partial charge in [0.15, 0.2) is 0 Å². The van der Waals surface area contributed by atoms with Crippen LogP contribution < -0.4 is 5.32 Å². The molecule has 3 N–H and O–H groups in total. The number of likely N-dealkylation sites (tertiary alicyclic amines) is 2. The zero-order valence-corrected chi connectivity index (χ0v) is 32.2. The highest BCUT2D eigenvalue weighted by Crippen LogP contribution is 2.57. The van der Waals surface area contributed by atoms with Crippen LogP contribution in [-0.4, -0.2) is 119 Å². The first-order valence-corrected chi connectivity index (χ1v) is 19.3. The summed E-state index contributed by atoms with van der Waals surface area (Å²) in [6.07, 6.45) is -0.550. The quantitative estimate of drug-likeness (QED) is 0.0972. The third-order valence-corrected chi connectivity index (χ3v) is 12.8. The smallest absolute Gasteiger partial charge is 0.410 e. The molecule has 6 atom stereocenters. The molecule has 0 bridgehead atoms. The zero-order valence-electron chi connectivity index (χ0n) is 30.5. The lowest BCUT2D eigenvalue weighted by Gasteiger charge is -2.49. The summed E-state index contributed by atoms with van der Waals surface area (Å²) in [7, 11) is 0. The maximum atomic E-state index is 13.7. The lowest BCUT2D eigenvalue weighted by molar-refractivity contribution is -0.385. The number of β-lactam (4-membered cyclic amide) rings is 1. The van der Waals surface area contributed by atoms with Gasteiger partial charge in [0.05, 0.1) is 32.7 Å². The molecule has 6 rings (SSSR count). The van der Waals surface area contributed by atoms with Crippen molar-refractivity contribution in [3.05, 3.63) is 90.5 Å². The van der Waals surface area contributed by atoms with Gasteiger partial charge in [-0.1, -0.05) is 0 Å². The first-order valence-electron chi connectivity index (χ1n) is 18.0. The molecular formula is C36H42N6O12S2. The second kappa shape index (κ2) is 16.7. The predicted octanol–water partition coefficient (Wildman–Crippen LogP) is 3.91. The number of thiol groups is 1. The highest BCUT2D eigenvalue weighted by Gasteiger charge is 2.65. The Morgan fingerprint density at radius 1 is 1.00 bits per heavy atom. The van der Waals surface area contributed by atoms with Gasteiger partial charge in [0, 0.05) is 72.7 Å². The molecular weight excluding hydrogens is 773 g/mol. The van der Waals surface area contributed by atoms with Crippen molar-refractivity contribution >= 4 is 59.8 Å². The Hall–Kier alpha value is -4.92. The molecule has 0 radical (unpaired) electrons. The van der Waals surface area contributed by atoms with Crippen molar-refractivity contribution in [2.75, 3.05) is 26.2 Å². The van der Waals surface area contributed by atoms with Crippen LogP contribution in [0.5, 0.6) is 0 Å². The van der Waals surface area contributed by atoms with Crippen molar-refractivity contribution in [1.82, 2.24) is 20.0 Å². The molecule has 2 aromatic carbocycles. The lowest BCUT2D eigenvalue weighted by Crippen LogP contribution is -2.66. The van der Waals surface area contributed by atoms with Crippen LogP contribution in [0.3, 0.4) is 0 Å². The molecule has 0 unspecified atom stereocenters. The first-order chi connectivity index (χ1) is 26.5. The molecule has 4 aliphatic heterocycles. The minimum absolute atomic E-state index is 0.0486. The zero-order chi connectivity index (χ0) is 40.5. The molecule has 3 amide bonds. The number of amides is 3. The number of aliphatic hydroxyl groups excluding tert-OH is 1. The lowest BCUT2D eigenvalue weighted by atomic mass is 9.78. The monoisotopic (exact) mass is 814 g/mol. The number of ether oxygens (including phenoxy) is 2. The Morgan fingerprint density at radius 3 is 2.07 bits per heavy atom. The average molecular weight is 815 g/mol. The Kier molecular flexibility index (Phi) is 12.1. The molecule has 0 aromatic heterocycles. The summed E-state index contributed by atoms with van der Waals surface area (Å²) in [5.41, 5.74) is 0.834. The fraction of sp³-hybridized carbons (Fsp3) is 0.500. The maximum Gasteiger partial charge on any atom is 0.410 e. The van der Waals surface area contributed by atoms with Crippen molar-refractivity contribution in [2.45, 2.75) is 80.6 Å². The van der Waals surface area contributed by atoms with Gasteiger partial charge in [-0.15, -0.1) is 11.8 Å². The standard InChI is InChI=1S/C36H42N6O12S2/c1-20(43)28-30-36(2,55)31(29(33(45)46)40(30)32(28)44)56-27-15-26(39(17-27)35(48)54-19-22-5-9-25(10-6-22)42(51)52)16-38-13-11-23(12-14-38)37-34(47)53-18-21-3-7-24(8-4-21)41(49)50/h3-10,20,23,26-28,30,43,55H,11-19H2,1-2H3,(H,37,47)(H,45,46)/t20-,26+,27+,28-,30+,36-/m1/s1. The number of fused-ring (bicyclic) bond motifs is 1. The topological polar surface area (TPSA) is 235 Å². The number of alkyl carbamates (subject to hydrolysis) is 1. The number of aliphatic carboxylic acids is 1. The van der Waals surface area contributed by atoms with Crippen LogP contribution >= 0.6 is 24.4 Å². The number of carboxylic acids is 1. The van der Waals surface area contributed by atoms with Gasteiger partial charge in [0.25, 0.3) is 11.4 Å². The van der Waals surface area contributed by atoms with E-state index in [0.717, 1.165) is 0 Å². The van der Waals surface area contributed by atoms with E-state index in [1.54, 1.807) is 11.8 Å². The number of non-ortho nitro benzene ring substituents is 2. The second-order valence-electron chi connectivity index (χ2n) is 14.5. The molecule has 0 aliphatic carbocycles. The molecule has 3 fully saturated rings. The third kappa shape index (κ3) is 8.57. The molecule has 18 nitrogen and oxygen atoms in total. The van der Waals surface area contributed by atoms with E-state index in [1.807, 2.05) is 0 Å². The number of benzene rings is 2. The van der Waals surface area contributed by atoms with Crippen LogP contribution in [0.15, 0.2) is 59.1 Å². The molecule has 300 valence electrons. The van der Waals surface area contributed by atoms with Crippen molar-refractivity contribution in [3.63, 3.8) is 0 Å². The van der Waals surface area contributed by atoms with E-state index >= 15 is 0 Å². The van der Waals surface area contributed by atoms with Crippen LogP contribution in [0.4, 0.5) is 21.0 Å². The van der Waals surface area contributed by atoms with Gasteiger partial charge in [0.2, 0.25) is 5.91 Å². The number of carbonyl (C=O) groups excluding carboxylic acids is 3. The number of carbonyl (C=O) groups is 4. The van der Waals surface area contributed by atoms with Crippen molar-refractivity contribution in [3.8, 4) is 0 Å². The van der Waals surface area contributed by atoms with Gasteiger partial charge in [-0.05, 0) is 68.5 Å². The van der Waals surface area contributed by atoms with Gasteiger partial charge in [-0.25, -0.2) is 14.4 Å². The fourth-order valence-corrected chi connectivity index (χ4v) is 9.87. The van der Waals surface area contributed by atoms with Crippen molar-refractivity contribution in [1.29, 1.82) is 0 Å². The first kappa shape index (κ1) is 40.7. The molecule has 0 saturated carbocycles. The van der Waals surface area contributed by atoms with E-state index in [-0.39, 0.29) is 54.2 Å². The molecule has 4 heterocycles. The molecule has 0 spiro atoms. The van der Waals surface area contributed by atoms with E-state index in [2.05, 4.69) is 10.2 Å². The third-order valence-electron chi connectivity index (χ3n) is 10.7. The number of hydrogen-bond acceptors (Lipinski definition) is 14. The second-order valence-corrected chi connectivity index (χ2v) is 16.8. The van der Waals surface area contributed by atoms with E-state index in [9.17, 15) is 49.6 Å². The number of aliphatic hydroxyl groups is 1. The Balaban J connectivity index is 1.09. The Morgan fingerprint density at radius 2 is 1.55 bits per heavy atom. The predicted molar refractivity (Wildman–Crippen MR) is 204 cm³/mol. The maximum absolute atomic E-state index is 13.7. The molecule has 4 aliphatic rings. The largest absolute Gasteiger partial charge is 0.477 e. The van der Waals surface area contributed by atoms with Gasteiger partial charge in [-0.2, -0.15) is 12.6 Å². The van der Waals surface area contributed by atoms with Gasteiger partial charge in [-0.3, -0.25) is 29.9 Å². The summed E-state index contributed by atoms with van der Waals surface area (Å²) in [5, 5.41) is 45.1. The van der Waals surface area contributed by atoms with E-state index in [4.69, 9.17) is 22.1 Å². The molecule has 3 saturated heterocycles. The number of thioether (sulfide) groups is 1. The summed E-state index contributed by atoms with van der Waals surface area (Å²) < 4.78 is 9.92. The van der Waals surface area contributed by atoms with Gasteiger partial charge < -0.3 is 34.8 Å². The number of rotatable bonds is 13. The minimum atomic E-state index is -1.28. The summed E-state index contributed by atoms with van der Waals surface area (Å²) in [6, 6.07) is 10.2. The van der Waals surface area contributed by atoms with Crippen LogP contribution in [-0.2, 0) is 32.3 Å². The Labute approximate surface area is 330 Å². The highest BCUT2D eigenvalue weighted by atomic mass is 32.2. The summed E-state index contributed by atoms with van der Waals surface area (Å²) in [6.45, 7) is 4.90. The van der Waals surface area contributed by atoms with Crippen molar-refractivity contribution in [2.24, 2.45) is 5.92 Å². The normalized spacial score (nSPS) is 25.7. The van der Waals surface area contributed by atoms with Gasteiger partial charge in [0.1, 0.15) is 18.9 Å². The SMILES string of the molecule is C[C@@H](O)[C@H]1C(=O)N2C(C(=O)O)=C(S[C@H]3C[C@@H](CN4CCC(NC(=O)OCc5ccc([N+](=O)[O-])cc5)CC4)N(C(=O)OCc4ccc([N+](=O)[O-])cc4)C3)[C@](C)(S)[C@H]12. The molecule has 20 heteroatoms. The Bertz CT molecular complexity index is 1900. The number of nitro groups is 2. The fourth-order valence-electron chi connectivity index (χ4n) is 7.78. The van der Waals surface area contributed by atoms with E-state index in [1.165, 1.54) is 72.1 Å². The van der Waals surface area contributed by atoms with Crippen LogP contribution in [0, 0.1) is 26.1 Å². The summed E-state index contributed by atoms with van der Waals surface area (Å²) in [4.78, 5) is 78.0. The number of carboxylic acid groups (broad SMARTS) is 1. The summed E-state index contributed by atoms with van der Waals surface area (Å²) in [5.74, 6) is -2.57. The number of nitrogens with one attached hydrogen (secondary N) is 1. The average Bonchev–Trinajstić information content (AvgIpc) is 3.63. The highest BCUT2D eigenvalue weighted by molar-refractivity contribution is 8.04. The van der Waals surface area contributed by atoms with Gasteiger partial charge >= 0.3 is 18.2 Å². The number of nitro benzene ring substituents is 2. The number of nitrogens with zero attached hydrogens (tertiary/aromatic N) is 5. The minimum Gasteiger partial charge on any atom is -0.477 e. The molecule has 56 heavy (non-hydrogen) atoms. The van der Waals surface area contributed by atoms with E-state index < -0.39 is 56.7 Å². The number of hydrogen-bond donors (Lipinski definition) is 4. The van der Waals surface area contributed by atoms with Crippen LogP contribution in [0.25, 0.3) is 0 Å². The van der Waals surface area contributed by atoms with Crippen LogP contribution in [0.1, 0.15) is 44.2 Å². The molecule has 2 aromatic rings. The van der Waals surface area contributed by atoms with E-state index in [0.29, 0.717) is 54.9 Å². The van der Waals surface area contributed by atoms with Crippen molar-refractivity contribution < 1.29 is 48.7 Å². The van der Waals surface area contributed by atoms with Crippen LogP contribution in [0.2, 0.25) is 0 Å².